The summed E-state index contributed by atoms with van der Waals surface area (Å²) in [4.78, 5) is 15.9. The molecule has 12 rings (SSSR count). The minimum absolute atomic E-state index is 0.576. The van der Waals surface area contributed by atoms with Crippen molar-refractivity contribution in [1.82, 2.24) is 15.0 Å². The normalized spacial score (nSPS) is 11.7. The molecule has 12 aromatic rings. The van der Waals surface area contributed by atoms with E-state index in [0.29, 0.717) is 17.5 Å². The Labute approximate surface area is 344 Å². The Morgan fingerprint density at radius 1 is 0.283 bits per heavy atom. The van der Waals surface area contributed by atoms with Crippen molar-refractivity contribution in [2.24, 2.45) is 0 Å². The van der Waals surface area contributed by atoms with Crippen molar-refractivity contribution in [2.75, 3.05) is 0 Å². The number of rotatable bonds is 6. The predicted octanol–water partition coefficient (Wildman–Crippen LogP) is 14.8. The van der Waals surface area contributed by atoms with Gasteiger partial charge in [0.25, 0.3) is 0 Å². The van der Waals surface area contributed by atoms with Gasteiger partial charge in [-0.1, -0.05) is 146 Å². The van der Waals surface area contributed by atoms with E-state index >= 15 is 0 Å². The van der Waals surface area contributed by atoms with Gasteiger partial charge in [-0.05, 0) is 93.2 Å². The van der Waals surface area contributed by atoms with Crippen molar-refractivity contribution >= 4 is 54.6 Å². The average Bonchev–Trinajstić information content (AvgIpc) is 3.90. The van der Waals surface area contributed by atoms with Crippen molar-refractivity contribution in [1.29, 1.82) is 0 Å². The SMILES string of the molecule is c1ccc(-c2cc(-c3ccc4oc5ccccc5c4c3)c(-c3ccccc3)c(-c3nc(-c4ccccc4)nc(-c4ccc5oc6ccc7ccccc7c6c5c4)n3)c2)cc1. The zero-order valence-electron chi connectivity index (χ0n) is 32.2. The van der Waals surface area contributed by atoms with Crippen molar-refractivity contribution in [2.45, 2.75) is 0 Å². The zero-order valence-corrected chi connectivity index (χ0v) is 32.2. The summed E-state index contributed by atoms with van der Waals surface area (Å²) in [7, 11) is 0. The maximum atomic E-state index is 6.40. The van der Waals surface area contributed by atoms with Crippen LogP contribution in [0.15, 0.2) is 209 Å². The van der Waals surface area contributed by atoms with E-state index in [9.17, 15) is 0 Å². The van der Waals surface area contributed by atoms with Crippen LogP contribution in [0.25, 0.3) is 122 Å². The maximum absolute atomic E-state index is 6.40. The second-order valence-corrected chi connectivity index (χ2v) is 15.1. The largest absolute Gasteiger partial charge is 0.456 e. The van der Waals surface area contributed by atoms with Gasteiger partial charge in [0.05, 0.1) is 0 Å². The molecule has 0 saturated carbocycles. The van der Waals surface area contributed by atoms with Crippen LogP contribution in [-0.2, 0) is 0 Å². The number of furan rings is 2. The minimum atomic E-state index is 0.576. The van der Waals surface area contributed by atoms with Crippen LogP contribution in [0.1, 0.15) is 0 Å². The summed E-state index contributed by atoms with van der Waals surface area (Å²) in [6.45, 7) is 0. The smallest absolute Gasteiger partial charge is 0.164 e. The third kappa shape index (κ3) is 5.67. The summed E-state index contributed by atoms with van der Waals surface area (Å²) in [6.07, 6.45) is 0. The molecule has 0 aliphatic heterocycles. The van der Waals surface area contributed by atoms with Crippen LogP contribution in [0.3, 0.4) is 0 Å². The minimum Gasteiger partial charge on any atom is -0.456 e. The molecule has 3 aromatic heterocycles. The Bertz CT molecular complexity index is 3590. The van der Waals surface area contributed by atoms with Gasteiger partial charge in [-0.15, -0.1) is 0 Å². The van der Waals surface area contributed by atoms with E-state index in [1.54, 1.807) is 0 Å². The molecule has 0 fully saturated rings. The fraction of sp³-hybridized carbons (Fsp3) is 0. The highest BCUT2D eigenvalue weighted by molar-refractivity contribution is 6.19. The topological polar surface area (TPSA) is 65.0 Å². The fourth-order valence-corrected chi connectivity index (χ4v) is 8.68. The first-order chi connectivity index (χ1) is 29.7. The summed E-state index contributed by atoms with van der Waals surface area (Å²) in [5.41, 5.74) is 12.4. The highest BCUT2D eigenvalue weighted by atomic mass is 16.3. The van der Waals surface area contributed by atoms with E-state index in [4.69, 9.17) is 23.8 Å². The first kappa shape index (κ1) is 33.9. The van der Waals surface area contributed by atoms with Crippen LogP contribution in [0.4, 0.5) is 0 Å². The van der Waals surface area contributed by atoms with E-state index in [1.807, 2.05) is 36.4 Å². The molecule has 5 nitrogen and oxygen atoms in total. The molecule has 280 valence electrons. The van der Waals surface area contributed by atoms with Crippen LogP contribution in [0.5, 0.6) is 0 Å². The van der Waals surface area contributed by atoms with Crippen LogP contribution in [0.2, 0.25) is 0 Å². The Hall–Kier alpha value is -8.15. The number of hydrogen-bond acceptors (Lipinski definition) is 5. The highest BCUT2D eigenvalue weighted by Gasteiger charge is 2.22. The molecule has 0 amide bonds. The Morgan fingerprint density at radius 2 is 0.817 bits per heavy atom. The number of nitrogens with zero attached hydrogens (tertiary/aromatic N) is 3. The van der Waals surface area contributed by atoms with Crippen LogP contribution >= 0.6 is 0 Å². The van der Waals surface area contributed by atoms with Crippen LogP contribution in [-0.4, -0.2) is 15.0 Å². The van der Waals surface area contributed by atoms with Gasteiger partial charge < -0.3 is 8.83 Å². The highest BCUT2D eigenvalue weighted by Crippen LogP contribution is 2.45. The van der Waals surface area contributed by atoms with Gasteiger partial charge in [0.1, 0.15) is 22.3 Å². The molecule has 0 saturated heterocycles. The van der Waals surface area contributed by atoms with Gasteiger partial charge >= 0.3 is 0 Å². The molecule has 0 spiro atoms. The summed E-state index contributed by atoms with van der Waals surface area (Å²) >= 11 is 0. The van der Waals surface area contributed by atoms with Crippen molar-refractivity contribution in [3.63, 3.8) is 0 Å². The Morgan fingerprint density at radius 3 is 1.60 bits per heavy atom. The van der Waals surface area contributed by atoms with Crippen LogP contribution in [0, 0.1) is 0 Å². The molecular formula is C55H33N3O2. The quantitative estimate of drug-likeness (QED) is 0.169. The molecule has 0 bridgehead atoms. The lowest BCUT2D eigenvalue weighted by Crippen LogP contribution is -2.02. The van der Waals surface area contributed by atoms with Crippen LogP contribution < -0.4 is 0 Å². The van der Waals surface area contributed by atoms with Gasteiger partial charge in [-0.3, -0.25) is 0 Å². The Balaban J connectivity index is 1.15. The van der Waals surface area contributed by atoms with Gasteiger partial charge in [0, 0.05) is 43.8 Å². The van der Waals surface area contributed by atoms with Gasteiger partial charge in [0.15, 0.2) is 17.5 Å². The molecule has 0 aliphatic rings. The van der Waals surface area contributed by atoms with Crippen molar-refractivity contribution in [3.8, 4) is 67.5 Å². The van der Waals surface area contributed by atoms with E-state index in [-0.39, 0.29) is 0 Å². The zero-order chi connectivity index (χ0) is 39.6. The fourth-order valence-electron chi connectivity index (χ4n) is 8.68. The number of aromatic nitrogens is 3. The first-order valence-corrected chi connectivity index (χ1v) is 20.1. The summed E-state index contributed by atoms with van der Waals surface area (Å²) in [6, 6.07) is 69.3. The number of hydrogen-bond donors (Lipinski definition) is 0. The number of benzene rings is 9. The first-order valence-electron chi connectivity index (χ1n) is 20.1. The van der Waals surface area contributed by atoms with Gasteiger partial charge in [-0.2, -0.15) is 0 Å². The third-order valence-corrected chi connectivity index (χ3v) is 11.5. The lowest BCUT2D eigenvalue weighted by atomic mass is 9.86. The van der Waals surface area contributed by atoms with Crippen molar-refractivity contribution in [3.05, 3.63) is 200 Å². The monoisotopic (exact) mass is 767 g/mol. The second-order valence-electron chi connectivity index (χ2n) is 15.1. The molecule has 0 N–H and O–H groups in total. The third-order valence-electron chi connectivity index (χ3n) is 11.5. The molecule has 3 heterocycles. The molecule has 0 radical (unpaired) electrons. The molecule has 0 unspecified atom stereocenters. The van der Waals surface area contributed by atoms with Crippen molar-refractivity contribution < 1.29 is 8.83 Å². The molecular weight excluding hydrogens is 735 g/mol. The van der Waals surface area contributed by atoms with E-state index < -0.39 is 0 Å². The number of para-hydroxylation sites is 1. The standard InChI is InChI=1S/C55H33N3O2/c1-4-14-34(15-5-1)40-32-43(38-25-27-48-44(30-38)42-22-12-13-23-47(42)59-48)51(36-17-6-2-7-18-36)46(33-40)55-57-53(37-19-8-3-9-20-37)56-54(58-55)39-26-28-49-45(31-39)52-41-21-11-10-16-35(41)24-29-50(52)60-49/h1-33H. The lowest BCUT2D eigenvalue weighted by molar-refractivity contribution is 0.668. The lowest BCUT2D eigenvalue weighted by Gasteiger charge is -2.19. The molecule has 60 heavy (non-hydrogen) atoms. The average molecular weight is 768 g/mol. The summed E-state index contributed by atoms with van der Waals surface area (Å²) in [5, 5.41) is 6.55. The molecule has 5 heteroatoms. The predicted molar refractivity (Wildman–Crippen MR) is 245 cm³/mol. The molecule has 0 atom stereocenters. The molecule has 0 aliphatic carbocycles. The van der Waals surface area contributed by atoms with Gasteiger partial charge in [-0.25, -0.2) is 15.0 Å². The second kappa shape index (κ2) is 13.8. The van der Waals surface area contributed by atoms with Gasteiger partial charge in [0.2, 0.25) is 0 Å². The van der Waals surface area contributed by atoms with E-state index in [1.165, 1.54) is 0 Å². The molecule has 9 aromatic carbocycles. The number of fused-ring (bicyclic) bond motifs is 8. The summed E-state index contributed by atoms with van der Waals surface area (Å²) < 4.78 is 12.7. The Kier molecular flexibility index (Phi) is 7.78. The summed E-state index contributed by atoms with van der Waals surface area (Å²) in [5.74, 6) is 1.75. The van der Waals surface area contributed by atoms with E-state index in [2.05, 4.69) is 164 Å². The van der Waals surface area contributed by atoms with E-state index in [0.717, 1.165) is 105 Å². The maximum Gasteiger partial charge on any atom is 0.164 e.